The monoisotopic (exact) mass is 374 g/mol. The van der Waals surface area contributed by atoms with E-state index in [4.69, 9.17) is 0 Å². The molecule has 6 nitrogen and oxygen atoms in total. The minimum atomic E-state index is -4.46. The lowest BCUT2D eigenvalue weighted by Gasteiger charge is -2.43. The molecule has 25 heavy (non-hydrogen) atoms. The highest BCUT2D eigenvalue weighted by atomic mass is 32.2. The van der Waals surface area contributed by atoms with Crippen LogP contribution >= 0.6 is 0 Å². The van der Waals surface area contributed by atoms with Crippen molar-refractivity contribution in [2.75, 3.05) is 30.8 Å². The zero-order valence-electron chi connectivity index (χ0n) is 13.5. The highest BCUT2D eigenvalue weighted by Crippen LogP contribution is 2.49. The van der Waals surface area contributed by atoms with Crippen LogP contribution in [-0.2, 0) is 16.2 Å². The van der Waals surface area contributed by atoms with Crippen molar-refractivity contribution in [2.24, 2.45) is 0 Å². The van der Waals surface area contributed by atoms with Crippen LogP contribution in [0.3, 0.4) is 0 Å². The molecular weight excluding hydrogens is 357 g/mol. The first-order chi connectivity index (χ1) is 11.6. The minimum absolute atomic E-state index is 0.260. The third-order valence-corrected chi connectivity index (χ3v) is 6.32. The van der Waals surface area contributed by atoms with E-state index >= 15 is 0 Å². The lowest BCUT2D eigenvalue weighted by molar-refractivity contribution is -0.137. The van der Waals surface area contributed by atoms with Gasteiger partial charge >= 0.3 is 6.18 Å². The number of nitrogens with zero attached hydrogens (tertiary/aromatic N) is 3. The predicted molar refractivity (Wildman–Crippen MR) is 86.8 cm³/mol. The smallest absolute Gasteiger partial charge is 0.363 e. The van der Waals surface area contributed by atoms with Crippen LogP contribution in [0, 0.1) is 0 Å². The third-order valence-electron chi connectivity index (χ3n) is 5.07. The molecule has 1 saturated heterocycles. The van der Waals surface area contributed by atoms with E-state index in [-0.39, 0.29) is 6.54 Å². The molecule has 1 aromatic heterocycles. The molecule has 1 aromatic carbocycles. The first-order valence-electron chi connectivity index (χ1n) is 7.87. The number of rotatable bonds is 2. The van der Waals surface area contributed by atoms with Crippen molar-refractivity contribution in [3.63, 3.8) is 0 Å². The molecule has 0 amide bonds. The maximum Gasteiger partial charge on any atom is 0.416 e. The highest BCUT2D eigenvalue weighted by Gasteiger charge is 2.53. The minimum Gasteiger partial charge on any atom is -0.363 e. The van der Waals surface area contributed by atoms with Crippen LogP contribution in [-0.4, -0.2) is 54.3 Å². The van der Waals surface area contributed by atoms with Crippen LogP contribution in [0.1, 0.15) is 18.4 Å². The van der Waals surface area contributed by atoms with Gasteiger partial charge in [0, 0.05) is 30.7 Å². The predicted octanol–water partition coefficient (Wildman–Crippen LogP) is 2.20. The topological polar surface area (TPSA) is 69.3 Å². The van der Waals surface area contributed by atoms with Crippen LogP contribution in [0.25, 0.3) is 10.9 Å². The van der Waals surface area contributed by atoms with E-state index in [2.05, 4.69) is 10.2 Å². The fourth-order valence-electron chi connectivity index (χ4n) is 3.59. The molecule has 0 atom stereocenters. The summed E-state index contributed by atoms with van der Waals surface area (Å²) in [6, 6.07) is 2.20. The molecule has 1 N–H and O–H groups in total. The Bertz CT molecular complexity index is 934. The van der Waals surface area contributed by atoms with Gasteiger partial charge in [0.15, 0.2) is 0 Å². The van der Waals surface area contributed by atoms with E-state index in [1.807, 2.05) is 4.90 Å². The van der Waals surface area contributed by atoms with Crippen molar-refractivity contribution >= 4 is 26.6 Å². The maximum atomic E-state index is 13.3. The highest BCUT2D eigenvalue weighted by molar-refractivity contribution is 7.88. The van der Waals surface area contributed by atoms with Crippen molar-refractivity contribution in [3.8, 4) is 0 Å². The van der Waals surface area contributed by atoms with Gasteiger partial charge in [-0.3, -0.25) is 5.10 Å². The quantitative estimate of drug-likeness (QED) is 0.875. The van der Waals surface area contributed by atoms with Crippen molar-refractivity contribution in [1.82, 2.24) is 14.5 Å². The summed E-state index contributed by atoms with van der Waals surface area (Å²) in [4.78, 5) is 1.93. The SMILES string of the molecule is CS(=O)(=O)N1CCN(c2cc(C(F)(F)F)cc3[nH]ncc23)C2(CC2)C1. The molecule has 2 aromatic rings. The summed E-state index contributed by atoms with van der Waals surface area (Å²) in [7, 11) is -3.32. The Kier molecular flexibility index (Phi) is 3.40. The molecule has 0 unspecified atom stereocenters. The number of anilines is 1. The largest absolute Gasteiger partial charge is 0.416 e. The van der Waals surface area contributed by atoms with E-state index in [0.29, 0.717) is 29.7 Å². The van der Waals surface area contributed by atoms with Gasteiger partial charge in [-0.2, -0.15) is 22.6 Å². The van der Waals surface area contributed by atoms with E-state index in [1.54, 1.807) is 0 Å². The molecule has 1 aliphatic carbocycles. The first kappa shape index (κ1) is 16.6. The molecule has 2 aliphatic rings. The van der Waals surface area contributed by atoms with Gasteiger partial charge in [-0.05, 0) is 25.0 Å². The number of hydrogen-bond donors (Lipinski definition) is 1. The molecule has 1 spiro atoms. The standard InChI is InChI=1S/C15H17F3N4O2S/c1-25(23,24)21-4-5-22(14(9-21)2-3-14)13-7-10(15(16,17)18)6-12-11(13)8-19-20-12/h6-8H,2-5,9H2,1H3,(H,19,20). The number of aromatic amines is 1. The second-order valence-electron chi connectivity index (χ2n) is 6.80. The zero-order valence-corrected chi connectivity index (χ0v) is 14.3. The number of halogens is 3. The summed E-state index contributed by atoms with van der Waals surface area (Å²) >= 11 is 0. The summed E-state index contributed by atoms with van der Waals surface area (Å²) in [5.74, 6) is 0. The van der Waals surface area contributed by atoms with Crippen LogP contribution in [0.15, 0.2) is 18.3 Å². The Labute approximate surface area is 142 Å². The molecule has 10 heteroatoms. The van der Waals surface area contributed by atoms with E-state index in [0.717, 1.165) is 31.2 Å². The zero-order chi connectivity index (χ0) is 18.0. The van der Waals surface area contributed by atoms with Gasteiger partial charge in [0.1, 0.15) is 0 Å². The fraction of sp³-hybridized carbons (Fsp3) is 0.533. The molecule has 4 rings (SSSR count). The van der Waals surface area contributed by atoms with Crippen molar-refractivity contribution in [2.45, 2.75) is 24.6 Å². The normalized spacial score (nSPS) is 21.2. The molecule has 2 heterocycles. The van der Waals surface area contributed by atoms with Crippen molar-refractivity contribution in [3.05, 3.63) is 23.9 Å². The second-order valence-corrected chi connectivity index (χ2v) is 8.78. The van der Waals surface area contributed by atoms with Gasteiger partial charge in [-0.15, -0.1) is 0 Å². The summed E-state index contributed by atoms with van der Waals surface area (Å²) < 4.78 is 64.9. The van der Waals surface area contributed by atoms with Crippen molar-refractivity contribution in [1.29, 1.82) is 0 Å². The van der Waals surface area contributed by atoms with Gasteiger partial charge in [0.25, 0.3) is 0 Å². The molecule has 0 bridgehead atoms. The van der Waals surface area contributed by atoms with E-state index in [9.17, 15) is 21.6 Å². The van der Waals surface area contributed by atoms with Crippen LogP contribution in [0.4, 0.5) is 18.9 Å². The van der Waals surface area contributed by atoms with Gasteiger partial charge in [-0.25, -0.2) is 8.42 Å². The number of sulfonamides is 1. The lowest BCUT2D eigenvalue weighted by Crippen LogP contribution is -2.56. The number of fused-ring (bicyclic) bond motifs is 1. The summed E-state index contributed by atoms with van der Waals surface area (Å²) in [5.41, 5.74) is -0.369. The number of benzene rings is 1. The molecule has 2 fully saturated rings. The number of aromatic nitrogens is 2. The average molecular weight is 374 g/mol. The number of piperazine rings is 1. The third kappa shape index (κ3) is 2.77. The summed E-state index contributed by atoms with van der Waals surface area (Å²) in [6.07, 6.45) is -0.260. The van der Waals surface area contributed by atoms with E-state index < -0.39 is 27.3 Å². The molecule has 1 aliphatic heterocycles. The number of H-pyrrole nitrogens is 1. The number of alkyl halides is 3. The number of nitrogens with one attached hydrogen (secondary N) is 1. The number of hydrogen-bond acceptors (Lipinski definition) is 4. The molecule has 136 valence electrons. The Morgan fingerprint density at radius 1 is 1.24 bits per heavy atom. The fourth-order valence-corrected chi connectivity index (χ4v) is 4.48. The summed E-state index contributed by atoms with van der Waals surface area (Å²) in [6.45, 7) is 0.923. The first-order valence-corrected chi connectivity index (χ1v) is 9.72. The van der Waals surface area contributed by atoms with Gasteiger partial charge in [0.2, 0.25) is 10.0 Å². The molecule has 1 saturated carbocycles. The van der Waals surface area contributed by atoms with Gasteiger partial charge in [-0.1, -0.05) is 0 Å². The van der Waals surface area contributed by atoms with Crippen LogP contribution < -0.4 is 4.90 Å². The average Bonchev–Trinajstić information content (AvgIpc) is 3.09. The Morgan fingerprint density at radius 3 is 2.56 bits per heavy atom. The van der Waals surface area contributed by atoms with E-state index in [1.165, 1.54) is 10.5 Å². The Balaban J connectivity index is 1.79. The van der Waals surface area contributed by atoms with Gasteiger partial charge in [0.05, 0.1) is 29.1 Å². The molecule has 0 radical (unpaired) electrons. The summed E-state index contributed by atoms with van der Waals surface area (Å²) in [5, 5.41) is 7.10. The van der Waals surface area contributed by atoms with Crippen molar-refractivity contribution < 1.29 is 21.6 Å². The van der Waals surface area contributed by atoms with Crippen LogP contribution in [0.2, 0.25) is 0 Å². The van der Waals surface area contributed by atoms with Gasteiger partial charge < -0.3 is 4.90 Å². The second kappa shape index (κ2) is 5.10. The lowest BCUT2D eigenvalue weighted by atomic mass is 10.0. The van der Waals surface area contributed by atoms with Crippen LogP contribution in [0.5, 0.6) is 0 Å². The maximum absolute atomic E-state index is 13.3. The Morgan fingerprint density at radius 2 is 1.96 bits per heavy atom. The molecular formula is C15H17F3N4O2S. The Hall–Kier alpha value is -1.81.